The van der Waals surface area contributed by atoms with Crippen molar-refractivity contribution in [3.05, 3.63) is 41.5 Å². The molecule has 1 aliphatic rings. The number of aliphatic imine (C=N–C) groups is 1. The lowest BCUT2D eigenvalue weighted by Crippen LogP contribution is -2.23. The lowest BCUT2D eigenvalue weighted by molar-refractivity contribution is 0.604. The van der Waals surface area contributed by atoms with Crippen molar-refractivity contribution in [2.45, 2.75) is 25.7 Å². The lowest BCUT2D eigenvalue weighted by Gasteiger charge is -2.07. The van der Waals surface area contributed by atoms with Crippen LogP contribution in [0.2, 0.25) is 0 Å². The molecule has 0 aliphatic heterocycles. The highest BCUT2D eigenvalue weighted by Gasteiger charge is 2.06. The largest absolute Gasteiger partial charge is 0.370 e. The molecule has 2 rings (SSSR count). The third-order valence-corrected chi connectivity index (χ3v) is 3.04. The van der Waals surface area contributed by atoms with Crippen LogP contribution >= 0.6 is 24.0 Å². The monoisotopic (exact) mass is 393 g/mol. The van der Waals surface area contributed by atoms with Crippen LogP contribution in [-0.2, 0) is 0 Å². The molecule has 0 atom stereocenters. The van der Waals surface area contributed by atoms with Crippen LogP contribution < -0.4 is 11.1 Å². The van der Waals surface area contributed by atoms with Gasteiger partial charge < -0.3 is 11.1 Å². The summed E-state index contributed by atoms with van der Waals surface area (Å²) >= 11 is 0. The summed E-state index contributed by atoms with van der Waals surface area (Å²) in [5.74, 6) is -0.978. The van der Waals surface area contributed by atoms with Crippen molar-refractivity contribution >= 4 is 35.6 Å². The molecule has 0 amide bonds. The highest BCUT2D eigenvalue weighted by molar-refractivity contribution is 14.0. The Labute approximate surface area is 134 Å². The number of allylic oxidation sites excluding steroid dienone is 1. The number of nitrogens with zero attached hydrogens (tertiary/aromatic N) is 1. The molecule has 0 saturated heterocycles. The number of rotatable bonds is 4. The summed E-state index contributed by atoms with van der Waals surface area (Å²) in [6, 6.07) is 3.16. The normalized spacial score (nSPS) is 14.7. The minimum Gasteiger partial charge on any atom is -0.370 e. The maximum atomic E-state index is 13.3. The van der Waals surface area contributed by atoms with Gasteiger partial charge in [-0.1, -0.05) is 11.6 Å². The van der Waals surface area contributed by atoms with Crippen LogP contribution in [0.3, 0.4) is 0 Å². The van der Waals surface area contributed by atoms with E-state index in [1.165, 1.54) is 12.0 Å². The molecule has 20 heavy (non-hydrogen) atoms. The van der Waals surface area contributed by atoms with E-state index in [1.54, 1.807) is 0 Å². The van der Waals surface area contributed by atoms with Crippen molar-refractivity contribution in [1.82, 2.24) is 0 Å². The van der Waals surface area contributed by atoms with Crippen LogP contribution in [0.5, 0.6) is 0 Å². The summed E-state index contributed by atoms with van der Waals surface area (Å²) in [4.78, 5) is 4.11. The summed E-state index contributed by atoms with van der Waals surface area (Å²) in [5.41, 5.74) is 7.04. The molecule has 1 aliphatic carbocycles. The summed E-state index contributed by atoms with van der Waals surface area (Å²) in [7, 11) is 0. The van der Waals surface area contributed by atoms with Gasteiger partial charge in [0, 0.05) is 12.6 Å². The van der Waals surface area contributed by atoms with E-state index in [-0.39, 0.29) is 35.6 Å². The van der Waals surface area contributed by atoms with E-state index in [0.29, 0.717) is 6.54 Å². The number of guanidine groups is 1. The molecule has 0 unspecified atom stereocenters. The second-order valence-electron chi connectivity index (χ2n) is 4.52. The molecule has 0 aromatic heterocycles. The van der Waals surface area contributed by atoms with Gasteiger partial charge in [-0.25, -0.2) is 8.78 Å². The minimum absolute atomic E-state index is 0. The van der Waals surface area contributed by atoms with Gasteiger partial charge in [0.1, 0.15) is 11.6 Å². The standard InChI is InChI=1S/C14H17F2N3.HI/c15-11-5-6-12(16)13(9-11)19-14(17)18-8-7-10-3-1-2-4-10;/h3,5-6,9H,1-2,4,7-8H2,(H3,17,18,19);1H. The van der Waals surface area contributed by atoms with Crippen LogP contribution in [0.25, 0.3) is 0 Å². The molecule has 0 radical (unpaired) electrons. The van der Waals surface area contributed by atoms with Crippen molar-refractivity contribution in [2.75, 3.05) is 11.9 Å². The lowest BCUT2D eigenvalue weighted by atomic mass is 10.2. The number of hydrogen-bond acceptors (Lipinski definition) is 1. The van der Waals surface area contributed by atoms with Crippen molar-refractivity contribution < 1.29 is 8.78 Å². The van der Waals surface area contributed by atoms with Gasteiger partial charge in [0.25, 0.3) is 0 Å². The predicted octanol–water partition coefficient (Wildman–Crippen LogP) is 3.81. The van der Waals surface area contributed by atoms with E-state index in [1.807, 2.05) is 0 Å². The maximum Gasteiger partial charge on any atom is 0.193 e. The Bertz CT molecular complexity index is 515. The maximum absolute atomic E-state index is 13.3. The zero-order chi connectivity index (χ0) is 13.7. The smallest absolute Gasteiger partial charge is 0.193 e. The van der Waals surface area contributed by atoms with E-state index in [4.69, 9.17) is 5.73 Å². The van der Waals surface area contributed by atoms with Gasteiger partial charge in [-0.2, -0.15) is 0 Å². The highest BCUT2D eigenvalue weighted by atomic mass is 127. The molecular formula is C14H18F2IN3. The number of benzene rings is 1. The molecule has 110 valence electrons. The van der Waals surface area contributed by atoms with Gasteiger partial charge >= 0.3 is 0 Å². The van der Waals surface area contributed by atoms with E-state index in [0.717, 1.165) is 37.5 Å². The SMILES string of the molecule is I.NC(=NCCC1=CCCC1)Nc1cc(F)ccc1F. The second kappa shape index (κ2) is 8.18. The van der Waals surface area contributed by atoms with E-state index in [9.17, 15) is 8.78 Å². The van der Waals surface area contributed by atoms with Gasteiger partial charge in [-0.15, -0.1) is 24.0 Å². The van der Waals surface area contributed by atoms with Crippen LogP contribution in [0.4, 0.5) is 14.5 Å². The average Bonchev–Trinajstić information content (AvgIpc) is 2.87. The Kier molecular flexibility index (Phi) is 6.90. The quantitative estimate of drug-likeness (QED) is 0.354. The Morgan fingerprint density at radius 2 is 2.15 bits per heavy atom. The van der Waals surface area contributed by atoms with Crippen molar-refractivity contribution in [1.29, 1.82) is 0 Å². The predicted molar refractivity (Wildman–Crippen MR) is 88.4 cm³/mol. The Balaban J connectivity index is 0.00000200. The van der Waals surface area contributed by atoms with Crippen LogP contribution in [0, 0.1) is 11.6 Å². The summed E-state index contributed by atoms with van der Waals surface area (Å²) < 4.78 is 26.3. The molecule has 0 spiro atoms. The zero-order valence-corrected chi connectivity index (χ0v) is 13.4. The van der Waals surface area contributed by atoms with E-state index >= 15 is 0 Å². The summed E-state index contributed by atoms with van der Waals surface area (Å²) in [6.07, 6.45) is 6.57. The second-order valence-corrected chi connectivity index (χ2v) is 4.52. The minimum atomic E-state index is -0.557. The first-order valence-electron chi connectivity index (χ1n) is 6.35. The van der Waals surface area contributed by atoms with Crippen LogP contribution in [-0.4, -0.2) is 12.5 Å². The fourth-order valence-electron chi connectivity index (χ4n) is 2.06. The number of anilines is 1. The van der Waals surface area contributed by atoms with Gasteiger partial charge in [0.2, 0.25) is 0 Å². The Morgan fingerprint density at radius 1 is 1.35 bits per heavy atom. The van der Waals surface area contributed by atoms with E-state index < -0.39 is 11.6 Å². The summed E-state index contributed by atoms with van der Waals surface area (Å²) in [5, 5.41) is 2.57. The first kappa shape index (κ1) is 16.9. The van der Waals surface area contributed by atoms with Crippen LogP contribution in [0.1, 0.15) is 25.7 Å². The fraction of sp³-hybridized carbons (Fsp3) is 0.357. The fourth-order valence-corrected chi connectivity index (χ4v) is 2.06. The van der Waals surface area contributed by atoms with Crippen molar-refractivity contribution in [3.8, 4) is 0 Å². The average molecular weight is 393 g/mol. The first-order chi connectivity index (χ1) is 9.15. The van der Waals surface area contributed by atoms with Gasteiger partial charge in [0.05, 0.1) is 5.69 Å². The Morgan fingerprint density at radius 3 is 2.85 bits per heavy atom. The van der Waals surface area contributed by atoms with Crippen molar-refractivity contribution in [3.63, 3.8) is 0 Å². The topological polar surface area (TPSA) is 50.4 Å². The van der Waals surface area contributed by atoms with Crippen molar-refractivity contribution in [2.24, 2.45) is 10.7 Å². The molecule has 3 nitrogen and oxygen atoms in total. The molecule has 1 aromatic rings. The zero-order valence-electron chi connectivity index (χ0n) is 11.0. The first-order valence-corrected chi connectivity index (χ1v) is 6.35. The number of halogens is 3. The number of nitrogens with two attached hydrogens (primary N) is 1. The number of nitrogens with one attached hydrogen (secondary N) is 1. The van der Waals surface area contributed by atoms with Gasteiger partial charge in [-0.3, -0.25) is 4.99 Å². The molecule has 1 aromatic carbocycles. The molecule has 0 fully saturated rings. The summed E-state index contributed by atoms with van der Waals surface area (Å²) in [6.45, 7) is 0.557. The molecule has 6 heteroatoms. The molecule has 3 N–H and O–H groups in total. The molecular weight excluding hydrogens is 375 g/mol. The van der Waals surface area contributed by atoms with E-state index in [2.05, 4.69) is 16.4 Å². The Hall–Kier alpha value is -1.18. The van der Waals surface area contributed by atoms with Gasteiger partial charge in [0.15, 0.2) is 5.96 Å². The molecule has 0 bridgehead atoms. The third kappa shape index (κ3) is 5.07. The van der Waals surface area contributed by atoms with Crippen LogP contribution in [0.15, 0.2) is 34.8 Å². The highest BCUT2D eigenvalue weighted by Crippen LogP contribution is 2.20. The number of hydrogen-bond donors (Lipinski definition) is 2. The molecule has 0 saturated carbocycles. The third-order valence-electron chi connectivity index (χ3n) is 3.04. The molecule has 0 heterocycles. The van der Waals surface area contributed by atoms with Gasteiger partial charge in [-0.05, 0) is 37.8 Å².